The van der Waals surface area contributed by atoms with Gasteiger partial charge < -0.3 is 10.3 Å². The highest BCUT2D eigenvalue weighted by Gasteiger charge is 2.19. The Bertz CT molecular complexity index is 1730. The molecule has 1 aliphatic rings. The summed E-state index contributed by atoms with van der Waals surface area (Å²) in [4.78, 5) is 22.1. The molecule has 5 heterocycles. The van der Waals surface area contributed by atoms with Gasteiger partial charge in [-0.1, -0.05) is 32.1 Å². The van der Waals surface area contributed by atoms with Crippen LogP contribution < -0.4 is 5.32 Å². The van der Waals surface area contributed by atoms with Crippen molar-refractivity contribution < 1.29 is 0 Å². The topological polar surface area (TPSA) is 108 Å². The lowest BCUT2D eigenvalue weighted by Crippen LogP contribution is -2.16. The lowest BCUT2D eigenvalue weighted by molar-refractivity contribution is 0.607. The zero-order valence-electron chi connectivity index (χ0n) is 21.9. The summed E-state index contributed by atoms with van der Waals surface area (Å²) in [6, 6.07) is 9.76. The van der Waals surface area contributed by atoms with Crippen LogP contribution in [-0.2, 0) is 0 Å². The van der Waals surface area contributed by atoms with Crippen LogP contribution >= 0.6 is 0 Å². The Labute approximate surface area is 226 Å². The number of aromatic nitrogens is 7. The average Bonchev–Trinajstić information content (AvgIpc) is 3.74. The molecule has 0 aromatic carbocycles. The largest absolute Gasteiger partial charge is 0.359 e. The Balaban J connectivity index is 1.35. The molecule has 0 radical (unpaired) electrons. The summed E-state index contributed by atoms with van der Waals surface area (Å²) < 4.78 is 0. The minimum Gasteiger partial charge on any atom is -0.359 e. The normalized spacial score (nSPS) is 14.8. The minimum absolute atomic E-state index is 0.517. The lowest BCUT2D eigenvalue weighted by atomic mass is 10.0. The maximum absolute atomic E-state index is 5.00. The van der Waals surface area contributed by atoms with Gasteiger partial charge in [0, 0.05) is 35.5 Å². The number of hydrogen-bond donors (Lipinski definition) is 3. The fraction of sp³-hybridized carbons (Fsp3) is 0.194. The van der Waals surface area contributed by atoms with Crippen LogP contribution in [0.4, 0.5) is 0 Å². The van der Waals surface area contributed by atoms with Crippen molar-refractivity contribution in [2.75, 3.05) is 0 Å². The molecule has 0 bridgehead atoms. The Hall–Kier alpha value is -4.85. The van der Waals surface area contributed by atoms with E-state index < -0.39 is 0 Å². The predicted molar refractivity (Wildman–Crippen MR) is 156 cm³/mol. The van der Waals surface area contributed by atoms with Crippen LogP contribution in [0.2, 0.25) is 0 Å². The zero-order chi connectivity index (χ0) is 26.8. The summed E-state index contributed by atoms with van der Waals surface area (Å²) in [6.45, 7) is 10.3. The fourth-order valence-electron chi connectivity index (χ4n) is 5.17. The number of nitrogens with one attached hydrogen (secondary N) is 3. The van der Waals surface area contributed by atoms with Gasteiger partial charge in [-0.2, -0.15) is 5.10 Å². The molecule has 1 fully saturated rings. The van der Waals surface area contributed by atoms with E-state index in [2.05, 4.69) is 49.7 Å². The van der Waals surface area contributed by atoms with Crippen LogP contribution in [0.5, 0.6) is 0 Å². The summed E-state index contributed by atoms with van der Waals surface area (Å²) in [5.74, 6) is 1.14. The summed E-state index contributed by atoms with van der Waals surface area (Å²) in [6.07, 6.45) is 16.1. The average molecular weight is 515 g/mol. The molecular weight excluding hydrogens is 484 g/mol. The number of aromatic amines is 2. The quantitative estimate of drug-likeness (QED) is 0.198. The second-order valence-electron chi connectivity index (χ2n) is 9.73. The van der Waals surface area contributed by atoms with Crippen molar-refractivity contribution >= 4 is 27.6 Å². The number of rotatable bonds is 8. The molecule has 8 heteroatoms. The van der Waals surface area contributed by atoms with E-state index in [0.717, 1.165) is 56.0 Å². The molecule has 5 aromatic heterocycles. The van der Waals surface area contributed by atoms with Gasteiger partial charge in [-0.25, -0.2) is 9.97 Å². The Morgan fingerprint density at radius 3 is 2.64 bits per heavy atom. The van der Waals surface area contributed by atoms with E-state index in [-0.39, 0.29) is 0 Å². The van der Waals surface area contributed by atoms with Gasteiger partial charge in [-0.05, 0) is 73.7 Å². The first-order valence-electron chi connectivity index (χ1n) is 13.2. The number of nitrogens with zero attached hydrogens (tertiary/aromatic N) is 5. The standard InChI is InChI=1S/C31H30N8/c1-4-20(17-23(5-2)34-19(3)21-9-6-7-10-21)24-12-13-26-29(35-24)30(39-38-26)31-36-25-14-16-33-27(28(25)37-31)22-11-8-15-32-18-22/h4-5,8,11-18,21,34H,2-3,6-7,9-10H2,1H3,(H,36,37)(H,38,39)/b20-4+,23-17+. The SMILES string of the molecule is C=C/C(=C\C(=C/C)c1ccc2[nH]nc(-c3nc4c(-c5cccnc5)nccc4[nH]3)c2n1)NC(=C)C1CCCC1. The summed E-state index contributed by atoms with van der Waals surface area (Å²) in [5, 5.41) is 11.1. The van der Waals surface area contributed by atoms with Gasteiger partial charge in [-0.3, -0.25) is 15.1 Å². The van der Waals surface area contributed by atoms with E-state index in [1.54, 1.807) is 18.6 Å². The highest BCUT2D eigenvalue weighted by Crippen LogP contribution is 2.31. The number of fused-ring (bicyclic) bond motifs is 2. The molecule has 0 unspecified atom stereocenters. The Kier molecular flexibility index (Phi) is 6.59. The second kappa shape index (κ2) is 10.5. The molecule has 0 saturated heterocycles. The predicted octanol–water partition coefficient (Wildman–Crippen LogP) is 6.72. The van der Waals surface area contributed by atoms with Crippen LogP contribution in [0.1, 0.15) is 38.3 Å². The smallest absolute Gasteiger partial charge is 0.161 e. The van der Waals surface area contributed by atoms with Crippen molar-refractivity contribution in [2.24, 2.45) is 5.92 Å². The van der Waals surface area contributed by atoms with E-state index in [1.165, 1.54) is 25.7 Å². The van der Waals surface area contributed by atoms with Crippen LogP contribution in [0, 0.1) is 5.92 Å². The van der Waals surface area contributed by atoms with E-state index >= 15 is 0 Å². The third-order valence-electron chi connectivity index (χ3n) is 7.26. The number of hydrogen-bond acceptors (Lipinski definition) is 6. The highest BCUT2D eigenvalue weighted by atomic mass is 15.2. The van der Waals surface area contributed by atoms with Crippen LogP contribution in [0.25, 0.3) is 50.4 Å². The molecule has 1 saturated carbocycles. The molecular formula is C31H30N8. The van der Waals surface area contributed by atoms with E-state index in [4.69, 9.17) is 9.97 Å². The number of allylic oxidation sites excluding steroid dienone is 5. The molecule has 0 atom stereocenters. The number of H-pyrrole nitrogens is 2. The van der Waals surface area contributed by atoms with Gasteiger partial charge in [0.25, 0.3) is 0 Å². The highest BCUT2D eigenvalue weighted by molar-refractivity contribution is 5.95. The maximum atomic E-state index is 5.00. The van der Waals surface area contributed by atoms with Crippen LogP contribution in [0.15, 0.2) is 91.7 Å². The number of pyridine rings is 3. The maximum Gasteiger partial charge on any atom is 0.161 e. The first-order valence-corrected chi connectivity index (χ1v) is 13.2. The zero-order valence-corrected chi connectivity index (χ0v) is 21.9. The first kappa shape index (κ1) is 24.5. The Morgan fingerprint density at radius 1 is 1.03 bits per heavy atom. The van der Waals surface area contributed by atoms with Crippen molar-refractivity contribution in [1.82, 2.24) is 40.4 Å². The molecule has 8 nitrogen and oxygen atoms in total. The monoisotopic (exact) mass is 514 g/mol. The lowest BCUT2D eigenvalue weighted by Gasteiger charge is -2.16. The molecule has 194 valence electrons. The van der Waals surface area contributed by atoms with Crippen molar-refractivity contribution in [3.8, 4) is 22.8 Å². The molecule has 5 aromatic rings. The first-order chi connectivity index (χ1) is 19.1. The molecule has 39 heavy (non-hydrogen) atoms. The molecule has 3 N–H and O–H groups in total. The fourth-order valence-corrected chi connectivity index (χ4v) is 5.17. The molecule has 0 spiro atoms. The van der Waals surface area contributed by atoms with Gasteiger partial charge in [0.05, 0.1) is 22.4 Å². The molecule has 6 rings (SSSR count). The van der Waals surface area contributed by atoms with E-state index in [1.807, 2.05) is 49.4 Å². The third-order valence-corrected chi connectivity index (χ3v) is 7.26. The summed E-state index contributed by atoms with van der Waals surface area (Å²) >= 11 is 0. The van der Waals surface area contributed by atoms with Crippen molar-refractivity contribution in [3.63, 3.8) is 0 Å². The Morgan fingerprint density at radius 2 is 1.87 bits per heavy atom. The van der Waals surface area contributed by atoms with Gasteiger partial charge in [0.1, 0.15) is 11.0 Å². The molecule has 0 amide bonds. The van der Waals surface area contributed by atoms with E-state index in [0.29, 0.717) is 17.4 Å². The third kappa shape index (κ3) is 4.77. The second-order valence-corrected chi connectivity index (χ2v) is 9.73. The van der Waals surface area contributed by atoms with Crippen molar-refractivity contribution in [2.45, 2.75) is 32.6 Å². The number of imidazole rings is 1. The van der Waals surface area contributed by atoms with Crippen molar-refractivity contribution in [1.29, 1.82) is 0 Å². The van der Waals surface area contributed by atoms with Gasteiger partial charge in [0.2, 0.25) is 0 Å². The van der Waals surface area contributed by atoms with E-state index in [9.17, 15) is 0 Å². The van der Waals surface area contributed by atoms with Gasteiger partial charge >= 0.3 is 0 Å². The molecule has 0 aliphatic heterocycles. The van der Waals surface area contributed by atoms with Gasteiger partial charge in [-0.15, -0.1) is 0 Å². The van der Waals surface area contributed by atoms with Crippen LogP contribution in [-0.4, -0.2) is 35.1 Å². The summed E-state index contributed by atoms with van der Waals surface area (Å²) in [7, 11) is 0. The van der Waals surface area contributed by atoms with Crippen LogP contribution in [0.3, 0.4) is 0 Å². The summed E-state index contributed by atoms with van der Waals surface area (Å²) in [5.41, 5.74) is 9.27. The molecule has 1 aliphatic carbocycles. The van der Waals surface area contributed by atoms with Gasteiger partial charge in [0.15, 0.2) is 11.5 Å². The minimum atomic E-state index is 0.517. The van der Waals surface area contributed by atoms with Crippen molar-refractivity contribution in [3.05, 3.63) is 97.4 Å².